The minimum absolute atomic E-state index is 0.0775. The molecule has 3 rings (SSSR count). The van der Waals surface area contributed by atoms with Crippen LogP contribution < -0.4 is 0 Å². The van der Waals surface area contributed by atoms with Crippen LogP contribution in [-0.2, 0) is 0 Å². The lowest BCUT2D eigenvalue weighted by Crippen LogP contribution is -2.13. The van der Waals surface area contributed by atoms with Crippen molar-refractivity contribution in [2.24, 2.45) is 10.8 Å². The van der Waals surface area contributed by atoms with E-state index >= 15 is 0 Å². The van der Waals surface area contributed by atoms with E-state index in [-0.39, 0.29) is 10.8 Å². The number of rotatable bonds is 1. The number of aryl methyl sites for hydroxylation is 1. The van der Waals surface area contributed by atoms with Gasteiger partial charge in [-0.2, -0.15) is 0 Å². The van der Waals surface area contributed by atoms with Crippen LogP contribution >= 0.6 is 0 Å². The molecule has 0 atom stereocenters. The SMILES string of the molecule is Cc1c2ccccc2c(C(=CC(C)(C)C)C(C)(C)C)c2ccccc12. The third kappa shape index (κ3) is 3.35. The third-order valence-electron chi connectivity index (χ3n) is 4.86. The molecule has 0 heterocycles. The van der Waals surface area contributed by atoms with Crippen molar-refractivity contribution in [2.75, 3.05) is 0 Å². The van der Waals surface area contributed by atoms with E-state index in [1.807, 2.05) is 0 Å². The maximum absolute atomic E-state index is 2.47. The fourth-order valence-electron chi connectivity index (χ4n) is 3.73. The summed E-state index contributed by atoms with van der Waals surface area (Å²) >= 11 is 0. The van der Waals surface area contributed by atoms with Crippen molar-refractivity contribution in [3.05, 3.63) is 65.7 Å². The fourth-order valence-corrected chi connectivity index (χ4v) is 3.73. The molecule has 0 aromatic heterocycles. The first-order chi connectivity index (χ1) is 11.6. The lowest BCUT2D eigenvalue weighted by Gasteiger charge is -2.30. The van der Waals surface area contributed by atoms with Crippen LogP contribution in [0.15, 0.2) is 54.6 Å². The van der Waals surface area contributed by atoms with Crippen LogP contribution in [0.3, 0.4) is 0 Å². The summed E-state index contributed by atoms with van der Waals surface area (Å²) in [6.45, 7) is 16.1. The van der Waals surface area contributed by atoms with Gasteiger partial charge in [-0.05, 0) is 56.0 Å². The molecule has 3 aromatic rings. The highest BCUT2D eigenvalue weighted by molar-refractivity contribution is 6.12. The second kappa shape index (κ2) is 6.02. The van der Waals surface area contributed by atoms with Crippen LogP contribution in [-0.4, -0.2) is 0 Å². The molecule has 0 amide bonds. The van der Waals surface area contributed by atoms with E-state index in [0.29, 0.717) is 0 Å². The third-order valence-corrected chi connectivity index (χ3v) is 4.86. The van der Waals surface area contributed by atoms with Gasteiger partial charge in [0.25, 0.3) is 0 Å². The quantitative estimate of drug-likeness (QED) is 0.400. The molecule has 0 heteroatoms. The Morgan fingerprint density at radius 1 is 0.680 bits per heavy atom. The maximum atomic E-state index is 2.47. The van der Waals surface area contributed by atoms with E-state index in [1.54, 1.807) is 0 Å². The number of allylic oxidation sites excluding steroid dienone is 2. The summed E-state index contributed by atoms with van der Waals surface area (Å²) in [5, 5.41) is 5.45. The predicted octanol–water partition coefficient (Wildman–Crippen LogP) is 7.78. The average Bonchev–Trinajstić information content (AvgIpc) is 2.52. The van der Waals surface area contributed by atoms with Crippen molar-refractivity contribution in [1.29, 1.82) is 0 Å². The van der Waals surface area contributed by atoms with Crippen molar-refractivity contribution < 1.29 is 0 Å². The predicted molar refractivity (Wildman–Crippen MR) is 113 cm³/mol. The molecule has 0 nitrogen and oxygen atoms in total. The summed E-state index contributed by atoms with van der Waals surface area (Å²) in [6, 6.07) is 17.7. The van der Waals surface area contributed by atoms with Gasteiger partial charge >= 0.3 is 0 Å². The summed E-state index contributed by atoms with van der Waals surface area (Å²) < 4.78 is 0. The van der Waals surface area contributed by atoms with Gasteiger partial charge in [0.1, 0.15) is 0 Å². The Hall–Kier alpha value is -2.08. The van der Waals surface area contributed by atoms with E-state index in [9.17, 15) is 0 Å². The highest BCUT2D eigenvalue weighted by Crippen LogP contribution is 2.44. The highest BCUT2D eigenvalue weighted by atomic mass is 14.3. The highest BCUT2D eigenvalue weighted by Gasteiger charge is 2.25. The standard InChI is InChI=1S/C25H30/c1-17-18-12-8-10-14-20(18)23(21-15-11-9-13-19(17)21)22(25(5,6)7)16-24(2,3)4/h8-16H,1-7H3. The van der Waals surface area contributed by atoms with Crippen molar-refractivity contribution in [3.8, 4) is 0 Å². The second-order valence-electron chi connectivity index (χ2n) is 9.27. The Kier molecular flexibility index (Phi) is 4.27. The minimum atomic E-state index is 0.0775. The molecular weight excluding hydrogens is 300 g/mol. The molecule has 0 unspecified atom stereocenters. The summed E-state index contributed by atoms with van der Waals surface area (Å²) in [5.74, 6) is 0. The molecule has 0 aliphatic rings. The molecule has 0 saturated heterocycles. The Bertz CT molecular complexity index is 900. The second-order valence-corrected chi connectivity index (χ2v) is 9.27. The molecule has 0 saturated carbocycles. The average molecular weight is 331 g/mol. The van der Waals surface area contributed by atoms with Gasteiger partial charge < -0.3 is 0 Å². The van der Waals surface area contributed by atoms with Crippen LogP contribution in [0.4, 0.5) is 0 Å². The van der Waals surface area contributed by atoms with Crippen molar-refractivity contribution >= 4 is 27.1 Å². The van der Waals surface area contributed by atoms with Crippen LogP contribution in [0, 0.1) is 17.8 Å². The van der Waals surface area contributed by atoms with Crippen molar-refractivity contribution in [3.63, 3.8) is 0 Å². The van der Waals surface area contributed by atoms with Crippen molar-refractivity contribution in [1.82, 2.24) is 0 Å². The zero-order valence-electron chi connectivity index (χ0n) is 16.7. The molecule has 0 bridgehead atoms. The number of hydrogen-bond donors (Lipinski definition) is 0. The van der Waals surface area contributed by atoms with Gasteiger partial charge in [-0.3, -0.25) is 0 Å². The van der Waals surface area contributed by atoms with Crippen LogP contribution in [0.1, 0.15) is 52.7 Å². The van der Waals surface area contributed by atoms with Gasteiger partial charge in [0, 0.05) is 0 Å². The van der Waals surface area contributed by atoms with Gasteiger partial charge in [0.05, 0.1) is 0 Å². The smallest absolute Gasteiger partial charge is 0.00647 e. The summed E-state index contributed by atoms with van der Waals surface area (Å²) in [5.41, 5.74) is 4.43. The van der Waals surface area contributed by atoms with Gasteiger partial charge in [0.2, 0.25) is 0 Å². The Labute approximate surface area is 152 Å². The van der Waals surface area contributed by atoms with Gasteiger partial charge in [0.15, 0.2) is 0 Å². The van der Waals surface area contributed by atoms with Gasteiger partial charge in [-0.1, -0.05) is 96.1 Å². The topological polar surface area (TPSA) is 0 Å². The number of hydrogen-bond acceptors (Lipinski definition) is 0. The zero-order chi connectivity index (χ0) is 18.4. The molecule has 0 fully saturated rings. The molecule has 0 radical (unpaired) electrons. The van der Waals surface area contributed by atoms with Crippen LogP contribution in [0.2, 0.25) is 0 Å². The fraction of sp³-hybridized carbons (Fsp3) is 0.360. The molecule has 0 aliphatic carbocycles. The molecule has 0 aliphatic heterocycles. The van der Waals surface area contributed by atoms with Crippen LogP contribution in [0.5, 0.6) is 0 Å². The Balaban J connectivity index is 2.56. The molecule has 130 valence electrons. The first-order valence-corrected chi connectivity index (χ1v) is 9.23. The first-order valence-electron chi connectivity index (χ1n) is 9.23. The molecular formula is C25H30. The molecule has 0 N–H and O–H groups in total. The van der Waals surface area contributed by atoms with Crippen LogP contribution in [0.25, 0.3) is 27.1 Å². The zero-order valence-corrected chi connectivity index (χ0v) is 16.7. The maximum Gasteiger partial charge on any atom is -0.00647 e. The Morgan fingerprint density at radius 2 is 1.08 bits per heavy atom. The summed E-state index contributed by atoms with van der Waals surface area (Å²) in [6.07, 6.45) is 2.47. The van der Waals surface area contributed by atoms with E-state index in [0.717, 1.165) is 0 Å². The molecule has 0 spiro atoms. The molecule has 3 aromatic carbocycles. The van der Waals surface area contributed by atoms with E-state index in [4.69, 9.17) is 0 Å². The molecule has 25 heavy (non-hydrogen) atoms. The minimum Gasteiger partial charge on any atom is -0.0747 e. The Morgan fingerprint density at radius 3 is 1.44 bits per heavy atom. The first kappa shape index (κ1) is 17.7. The largest absolute Gasteiger partial charge is 0.0747 e. The van der Waals surface area contributed by atoms with E-state index < -0.39 is 0 Å². The van der Waals surface area contributed by atoms with Gasteiger partial charge in [-0.25, -0.2) is 0 Å². The number of benzene rings is 3. The van der Waals surface area contributed by atoms with E-state index in [2.05, 4.69) is 103 Å². The van der Waals surface area contributed by atoms with E-state index in [1.165, 1.54) is 38.2 Å². The normalized spacial score (nSPS) is 13.6. The summed E-state index contributed by atoms with van der Waals surface area (Å²) in [7, 11) is 0. The monoisotopic (exact) mass is 330 g/mol. The van der Waals surface area contributed by atoms with Crippen molar-refractivity contribution in [2.45, 2.75) is 48.5 Å². The van der Waals surface area contributed by atoms with Gasteiger partial charge in [-0.15, -0.1) is 0 Å². The lowest BCUT2D eigenvalue weighted by atomic mass is 9.75. The number of fused-ring (bicyclic) bond motifs is 2. The lowest BCUT2D eigenvalue weighted by molar-refractivity contribution is 0.518. The summed E-state index contributed by atoms with van der Waals surface area (Å²) in [4.78, 5) is 0.